The molecule has 1 heterocycles. The van der Waals surface area contributed by atoms with E-state index in [1.54, 1.807) is 0 Å². The zero-order valence-corrected chi connectivity index (χ0v) is 11.2. The van der Waals surface area contributed by atoms with Crippen LogP contribution in [0.4, 0.5) is 0 Å². The summed E-state index contributed by atoms with van der Waals surface area (Å²) in [6, 6.07) is 8.59. The Labute approximate surface area is 117 Å². The molecule has 1 amide bonds. The van der Waals surface area contributed by atoms with Crippen molar-refractivity contribution in [1.82, 2.24) is 5.32 Å². The van der Waals surface area contributed by atoms with Crippen LogP contribution in [-0.4, -0.2) is 30.2 Å². The van der Waals surface area contributed by atoms with Crippen molar-refractivity contribution in [2.75, 3.05) is 13.2 Å². The van der Waals surface area contributed by atoms with Crippen molar-refractivity contribution >= 4 is 11.7 Å². The summed E-state index contributed by atoms with van der Waals surface area (Å²) in [7, 11) is 0. The average Bonchev–Trinajstić information content (AvgIpc) is 2.53. The number of nitrogens with one attached hydrogen (secondary N) is 1. The van der Waals surface area contributed by atoms with Crippen LogP contribution in [0.3, 0.4) is 0 Å². The summed E-state index contributed by atoms with van der Waals surface area (Å²) < 4.78 is 5.24. The number of ether oxygens (including phenoxy) is 1. The van der Waals surface area contributed by atoms with Crippen molar-refractivity contribution in [1.29, 1.82) is 0 Å². The summed E-state index contributed by atoms with van der Waals surface area (Å²) in [5, 5.41) is 14.7. The summed E-state index contributed by atoms with van der Waals surface area (Å²) in [5.74, 6) is -0.202. The highest BCUT2D eigenvalue weighted by atomic mass is 16.5. The van der Waals surface area contributed by atoms with Crippen molar-refractivity contribution in [3.8, 4) is 0 Å². The maximum atomic E-state index is 12.2. The van der Waals surface area contributed by atoms with Crippen LogP contribution in [0.15, 0.2) is 35.5 Å². The number of amides is 1. The SMILES string of the molecule is NC(=NO)C(NC(=O)C1CCOCC1)c1ccccc1. The van der Waals surface area contributed by atoms with E-state index in [0.717, 1.165) is 5.56 Å². The molecule has 0 bridgehead atoms. The molecule has 20 heavy (non-hydrogen) atoms. The molecule has 1 aliphatic rings. The quantitative estimate of drug-likeness (QED) is 0.331. The fourth-order valence-electron chi connectivity index (χ4n) is 2.25. The van der Waals surface area contributed by atoms with Gasteiger partial charge in [-0.05, 0) is 18.4 Å². The predicted octanol–water partition coefficient (Wildman–Crippen LogP) is 1.02. The largest absolute Gasteiger partial charge is 0.409 e. The van der Waals surface area contributed by atoms with Crippen molar-refractivity contribution in [2.24, 2.45) is 16.8 Å². The summed E-state index contributed by atoms with van der Waals surface area (Å²) in [6.45, 7) is 1.19. The van der Waals surface area contributed by atoms with Gasteiger partial charge >= 0.3 is 0 Å². The molecular weight excluding hydrogens is 258 g/mol. The second-order valence-corrected chi connectivity index (χ2v) is 4.76. The Balaban J connectivity index is 2.10. The zero-order valence-electron chi connectivity index (χ0n) is 11.2. The lowest BCUT2D eigenvalue weighted by atomic mass is 9.98. The van der Waals surface area contributed by atoms with E-state index < -0.39 is 6.04 Å². The molecule has 6 heteroatoms. The maximum Gasteiger partial charge on any atom is 0.224 e. The van der Waals surface area contributed by atoms with Crippen molar-refractivity contribution in [3.05, 3.63) is 35.9 Å². The summed E-state index contributed by atoms with van der Waals surface area (Å²) in [6.07, 6.45) is 1.40. The van der Waals surface area contributed by atoms with E-state index in [4.69, 9.17) is 15.7 Å². The van der Waals surface area contributed by atoms with Crippen LogP contribution < -0.4 is 11.1 Å². The molecule has 6 nitrogen and oxygen atoms in total. The minimum absolute atomic E-state index is 0.0309. The zero-order chi connectivity index (χ0) is 14.4. The van der Waals surface area contributed by atoms with E-state index in [9.17, 15) is 4.79 Å². The van der Waals surface area contributed by atoms with Gasteiger partial charge in [-0.1, -0.05) is 35.5 Å². The first-order valence-electron chi connectivity index (χ1n) is 6.63. The van der Waals surface area contributed by atoms with Crippen LogP contribution in [0.25, 0.3) is 0 Å². The molecule has 1 aliphatic heterocycles. The number of oxime groups is 1. The van der Waals surface area contributed by atoms with Gasteiger partial charge in [0.15, 0.2) is 5.84 Å². The van der Waals surface area contributed by atoms with E-state index in [0.29, 0.717) is 26.1 Å². The Morgan fingerprint density at radius 3 is 2.60 bits per heavy atom. The molecule has 1 unspecified atom stereocenters. The number of nitrogens with two attached hydrogens (primary N) is 1. The summed E-state index contributed by atoms with van der Waals surface area (Å²) in [5.41, 5.74) is 6.47. The molecule has 0 saturated carbocycles. The summed E-state index contributed by atoms with van der Waals surface area (Å²) >= 11 is 0. The molecule has 1 fully saturated rings. The van der Waals surface area contributed by atoms with Crippen LogP contribution in [-0.2, 0) is 9.53 Å². The number of amidine groups is 1. The smallest absolute Gasteiger partial charge is 0.224 e. The number of rotatable bonds is 4. The van der Waals surface area contributed by atoms with E-state index in [2.05, 4.69) is 10.5 Å². The molecule has 0 spiro atoms. The lowest BCUT2D eigenvalue weighted by molar-refractivity contribution is -0.128. The van der Waals surface area contributed by atoms with Gasteiger partial charge in [0, 0.05) is 19.1 Å². The molecule has 0 radical (unpaired) electrons. The molecule has 1 aromatic rings. The first kappa shape index (κ1) is 14.3. The van der Waals surface area contributed by atoms with Crippen molar-refractivity contribution < 1.29 is 14.7 Å². The van der Waals surface area contributed by atoms with Gasteiger partial charge in [-0.25, -0.2) is 0 Å². The normalized spacial score (nSPS) is 18.5. The molecule has 4 N–H and O–H groups in total. The van der Waals surface area contributed by atoms with E-state index in [-0.39, 0.29) is 17.7 Å². The van der Waals surface area contributed by atoms with Crippen LogP contribution in [0.2, 0.25) is 0 Å². The van der Waals surface area contributed by atoms with Crippen LogP contribution in [0, 0.1) is 5.92 Å². The fraction of sp³-hybridized carbons (Fsp3) is 0.429. The highest BCUT2D eigenvalue weighted by molar-refractivity contribution is 5.91. The number of benzene rings is 1. The minimum Gasteiger partial charge on any atom is -0.409 e. The summed E-state index contributed by atoms with van der Waals surface area (Å²) in [4.78, 5) is 12.2. The van der Waals surface area contributed by atoms with Gasteiger partial charge in [-0.3, -0.25) is 4.79 Å². The number of hydrogen-bond donors (Lipinski definition) is 3. The fourth-order valence-corrected chi connectivity index (χ4v) is 2.25. The van der Waals surface area contributed by atoms with Gasteiger partial charge in [-0.15, -0.1) is 0 Å². The average molecular weight is 277 g/mol. The van der Waals surface area contributed by atoms with E-state index >= 15 is 0 Å². The van der Waals surface area contributed by atoms with Crippen LogP contribution >= 0.6 is 0 Å². The van der Waals surface area contributed by atoms with Gasteiger partial charge in [0.25, 0.3) is 0 Å². The van der Waals surface area contributed by atoms with Gasteiger partial charge in [0.1, 0.15) is 6.04 Å². The predicted molar refractivity (Wildman–Crippen MR) is 74.3 cm³/mol. The van der Waals surface area contributed by atoms with Gasteiger partial charge in [-0.2, -0.15) is 0 Å². The third-order valence-corrected chi connectivity index (χ3v) is 3.42. The van der Waals surface area contributed by atoms with Gasteiger partial charge in [0.05, 0.1) is 0 Å². The molecule has 1 saturated heterocycles. The Morgan fingerprint density at radius 1 is 1.35 bits per heavy atom. The van der Waals surface area contributed by atoms with Gasteiger partial charge < -0.3 is 21.0 Å². The second kappa shape index (κ2) is 6.91. The first-order valence-corrected chi connectivity index (χ1v) is 6.63. The lowest BCUT2D eigenvalue weighted by Gasteiger charge is -2.24. The molecular formula is C14H19N3O3. The molecule has 0 aliphatic carbocycles. The Hall–Kier alpha value is -2.08. The molecule has 2 rings (SSSR count). The Morgan fingerprint density at radius 2 is 2.00 bits per heavy atom. The number of nitrogens with zero attached hydrogens (tertiary/aromatic N) is 1. The Kier molecular flexibility index (Phi) is 4.95. The minimum atomic E-state index is -0.614. The van der Waals surface area contributed by atoms with Gasteiger partial charge in [0.2, 0.25) is 5.91 Å². The number of carbonyl (C=O) groups is 1. The van der Waals surface area contributed by atoms with Crippen LogP contribution in [0.1, 0.15) is 24.4 Å². The van der Waals surface area contributed by atoms with Crippen molar-refractivity contribution in [2.45, 2.75) is 18.9 Å². The van der Waals surface area contributed by atoms with E-state index in [1.165, 1.54) is 0 Å². The van der Waals surface area contributed by atoms with E-state index in [1.807, 2.05) is 30.3 Å². The highest BCUT2D eigenvalue weighted by Crippen LogP contribution is 2.18. The standard InChI is InChI=1S/C14H19N3O3/c15-13(17-19)12(10-4-2-1-3-5-10)16-14(18)11-6-8-20-9-7-11/h1-5,11-12,19H,6-9H2,(H2,15,17)(H,16,18). The highest BCUT2D eigenvalue weighted by Gasteiger charge is 2.26. The molecule has 1 aromatic carbocycles. The third-order valence-electron chi connectivity index (χ3n) is 3.42. The lowest BCUT2D eigenvalue weighted by Crippen LogP contribution is -2.42. The Bertz CT molecular complexity index is 470. The molecule has 108 valence electrons. The van der Waals surface area contributed by atoms with Crippen molar-refractivity contribution in [3.63, 3.8) is 0 Å². The number of carbonyl (C=O) groups excluding carboxylic acids is 1. The third kappa shape index (κ3) is 3.48. The first-order chi connectivity index (χ1) is 9.72. The second-order valence-electron chi connectivity index (χ2n) is 4.76. The maximum absolute atomic E-state index is 12.2. The molecule has 1 atom stereocenters. The monoisotopic (exact) mass is 277 g/mol. The van der Waals surface area contributed by atoms with Crippen LogP contribution in [0.5, 0.6) is 0 Å². The topological polar surface area (TPSA) is 96.9 Å². The molecule has 0 aromatic heterocycles. The number of hydrogen-bond acceptors (Lipinski definition) is 4.